The van der Waals surface area contributed by atoms with Crippen LogP contribution in [0.1, 0.15) is 18.9 Å². The first-order chi connectivity index (χ1) is 13.1. The molecule has 0 aliphatic carbocycles. The van der Waals surface area contributed by atoms with Crippen molar-refractivity contribution in [2.24, 2.45) is 5.10 Å². The number of hydrogen-bond acceptors (Lipinski definition) is 5. The van der Waals surface area contributed by atoms with Crippen molar-refractivity contribution >= 4 is 17.3 Å². The number of anilines is 1. The van der Waals surface area contributed by atoms with Gasteiger partial charge >= 0.3 is 0 Å². The molecule has 2 aromatic rings. The van der Waals surface area contributed by atoms with Crippen molar-refractivity contribution in [2.45, 2.75) is 13.3 Å². The van der Waals surface area contributed by atoms with Crippen LogP contribution in [0.4, 0.5) is 5.69 Å². The summed E-state index contributed by atoms with van der Waals surface area (Å²) in [7, 11) is 0. The van der Waals surface area contributed by atoms with Gasteiger partial charge in [0.25, 0.3) is 0 Å². The number of nitrogens with zero attached hydrogens (tertiary/aromatic N) is 3. The zero-order valence-electron chi connectivity index (χ0n) is 15.6. The van der Waals surface area contributed by atoms with Crippen LogP contribution in [0.3, 0.4) is 0 Å². The molecule has 27 heavy (non-hydrogen) atoms. The van der Waals surface area contributed by atoms with Gasteiger partial charge in [0.1, 0.15) is 5.75 Å². The molecule has 1 saturated heterocycles. The highest BCUT2D eigenvalue weighted by atomic mass is 16.3. The summed E-state index contributed by atoms with van der Waals surface area (Å²) < 4.78 is 0. The lowest BCUT2D eigenvalue weighted by molar-refractivity contribution is -0.121. The molecule has 0 spiro atoms. The topological polar surface area (TPSA) is 68.2 Å². The van der Waals surface area contributed by atoms with Crippen molar-refractivity contribution in [2.75, 3.05) is 37.6 Å². The first-order valence-electron chi connectivity index (χ1n) is 9.27. The molecular weight excluding hydrogens is 340 g/mol. The number of carbonyl (C=O) groups excluding carboxylic acids is 1. The van der Waals surface area contributed by atoms with E-state index in [2.05, 4.69) is 44.6 Å². The maximum Gasteiger partial charge on any atom is 0.241 e. The SMILES string of the molecule is C/C(=N/NC(=O)CCN1CCN(c2ccccc2)CC1)c1ccc(O)cc1. The number of hydrazone groups is 1. The third-order valence-electron chi connectivity index (χ3n) is 4.78. The zero-order chi connectivity index (χ0) is 19.1. The number of carbonyl (C=O) groups is 1. The van der Waals surface area contributed by atoms with E-state index >= 15 is 0 Å². The molecular formula is C21H26N4O2. The standard InChI is InChI=1S/C21H26N4O2/c1-17(18-7-9-20(26)10-8-18)22-23-21(27)11-12-24-13-15-25(16-14-24)19-5-3-2-4-6-19/h2-10,26H,11-16H2,1H3,(H,23,27)/b22-17-. The van der Waals surface area contributed by atoms with Crippen LogP contribution in [0.25, 0.3) is 0 Å². The summed E-state index contributed by atoms with van der Waals surface area (Å²) in [5.74, 6) is 0.126. The fraction of sp³-hybridized carbons (Fsp3) is 0.333. The van der Waals surface area contributed by atoms with Crippen molar-refractivity contribution in [3.8, 4) is 5.75 Å². The Morgan fingerprint density at radius 1 is 1.04 bits per heavy atom. The molecule has 142 valence electrons. The number of rotatable bonds is 6. The minimum atomic E-state index is -0.0846. The van der Waals surface area contributed by atoms with Crippen molar-refractivity contribution in [3.63, 3.8) is 0 Å². The van der Waals surface area contributed by atoms with Gasteiger partial charge in [-0.3, -0.25) is 9.69 Å². The van der Waals surface area contributed by atoms with Gasteiger partial charge in [0, 0.05) is 44.8 Å². The van der Waals surface area contributed by atoms with Crippen molar-refractivity contribution in [3.05, 3.63) is 60.2 Å². The molecule has 2 aromatic carbocycles. The largest absolute Gasteiger partial charge is 0.508 e. The van der Waals surface area contributed by atoms with Gasteiger partial charge in [-0.05, 0) is 48.9 Å². The third kappa shape index (κ3) is 5.56. The van der Waals surface area contributed by atoms with E-state index in [1.165, 1.54) is 5.69 Å². The number of nitrogens with one attached hydrogen (secondary N) is 1. The average molecular weight is 366 g/mol. The predicted octanol–water partition coefficient (Wildman–Crippen LogP) is 2.44. The van der Waals surface area contributed by atoms with E-state index in [4.69, 9.17) is 0 Å². The van der Waals surface area contributed by atoms with Crippen LogP contribution < -0.4 is 10.3 Å². The zero-order valence-corrected chi connectivity index (χ0v) is 15.6. The van der Waals surface area contributed by atoms with Crippen LogP contribution >= 0.6 is 0 Å². The maximum atomic E-state index is 12.1. The Kier molecular flexibility index (Phi) is 6.44. The van der Waals surface area contributed by atoms with Crippen LogP contribution in [0.5, 0.6) is 5.75 Å². The molecule has 1 aliphatic rings. The van der Waals surface area contributed by atoms with Crippen LogP contribution in [0, 0.1) is 0 Å². The van der Waals surface area contributed by atoms with Gasteiger partial charge in [-0.25, -0.2) is 5.43 Å². The number of phenolic OH excluding ortho intramolecular Hbond substituents is 1. The highest BCUT2D eigenvalue weighted by molar-refractivity contribution is 5.99. The van der Waals surface area contributed by atoms with Gasteiger partial charge < -0.3 is 10.0 Å². The number of hydrogen-bond donors (Lipinski definition) is 2. The van der Waals surface area contributed by atoms with Gasteiger partial charge in [-0.15, -0.1) is 0 Å². The van der Waals surface area contributed by atoms with E-state index in [-0.39, 0.29) is 11.7 Å². The molecule has 1 fully saturated rings. The first-order valence-corrected chi connectivity index (χ1v) is 9.27. The van der Waals surface area contributed by atoms with Gasteiger partial charge in [-0.1, -0.05) is 18.2 Å². The van der Waals surface area contributed by atoms with Crippen LogP contribution in [0.2, 0.25) is 0 Å². The van der Waals surface area contributed by atoms with E-state index in [9.17, 15) is 9.90 Å². The van der Waals surface area contributed by atoms with E-state index in [0.717, 1.165) is 38.3 Å². The highest BCUT2D eigenvalue weighted by Gasteiger charge is 2.17. The Bertz CT molecular complexity index is 767. The number of benzene rings is 2. The van der Waals surface area contributed by atoms with Gasteiger partial charge in [0.15, 0.2) is 0 Å². The minimum Gasteiger partial charge on any atom is -0.508 e. The number of para-hydroxylation sites is 1. The molecule has 0 atom stereocenters. The van der Waals surface area contributed by atoms with Crippen LogP contribution in [-0.4, -0.2) is 54.3 Å². The summed E-state index contributed by atoms with van der Waals surface area (Å²) in [6.45, 7) is 6.43. The molecule has 0 bridgehead atoms. The normalized spacial score (nSPS) is 15.6. The predicted molar refractivity (Wildman–Crippen MR) is 108 cm³/mol. The fourth-order valence-corrected chi connectivity index (χ4v) is 3.10. The molecule has 6 heteroatoms. The average Bonchev–Trinajstić information content (AvgIpc) is 2.72. The summed E-state index contributed by atoms with van der Waals surface area (Å²) in [4.78, 5) is 16.8. The molecule has 1 amide bonds. The minimum absolute atomic E-state index is 0.0846. The molecule has 3 rings (SSSR count). The molecule has 0 saturated carbocycles. The van der Waals surface area contributed by atoms with Gasteiger partial charge in [0.05, 0.1) is 5.71 Å². The molecule has 0 radical (unpaired) electrons. The lowest BCUT2D eigenvalue weighted by Crippen LogP contribution is -2.47. The quantitative estimate of drug-likeness (QED) is 0.609. The molecule has 6 nitrogen and oxygen atoms in total. The molecule has 1 heterocycles. The Morgan fingerprint density at radius 2 is 1.70 bits per heavy atom. The first kappa shape index (κ1) is 18.9. The Hall–Kier alpha value is -2.86. The molecule has 1 aliphatic heterocycles. The second-order valence-electron chi connectivity index (χ2n) is 6.69. The van der Waals surface area contributed by atoms with Gasteiger partial charge in [-0.2, -0.15) is 5.10 Å². The lowest BCUT2D eigenvalue weighted by atomic mass is 10.1. The van der Waals surface area contributed by atoms with E-state index in [0.29, 0.717) is 12.1 Å². The molecule has 0 aromatic heterocycles. The summed E-state index contributed by atoms with van der Waals surface area (Å²) in [6.07, 6.45) is 0.428. The van der Waals surface area contributed by atoms with E-state index in [1.807, 2.05) is 13.0 Å². The lowest BCUT2D eigenvalue weighted by Gasteiger charge is -2.36. The highest BCUT2D eigenvalue weighted by Crippen LogP contribution is 2.15. The second kappa shape index (κ2) is 9.19. The molecule has 2 N–H and O–H groups in total. The maximum absolute atomic E-state index is 12.1. The second-order valence-corrected chi connectivity index (χ2v) is 6.69. The monoisotopic (exact) mass is 366 g/mol. The summed E-state index contributed by atoms with van der Waals surface area (Å²) >= 11 is 0. The van der Waals surface area contributed by atoms with Crippen molar-refractivity contribution in [1.29, 1.82) is 0 Å². The number of amides is 1. The summed E-state index contributed by atoms with van der Waals surface area (Å²) in [6, 6.07) is 17.2. The van der Waals surface area contributed by atoms with Crippen molar-refractivity contribution < 1.29 is 9.90 Å². The number of aromatic hydroxyl groups is 1. The van der Waals surface area contributed by atoms with Crippen molar-refractivity contribution in [1.82, 2.24) is 10.3 Å². The Balaban J connectivity index is 1.39. The van der Waals surface area contributed by atoms with E-state index < -0.39 is 0 Å². The fourth-order valence-electron chi connectivity index (χ4n) is 3.10. The molecule has 0 unspecified atom stereocenters. The number of phenols is 1. The van der Waals surface area contributed by atoms with E-state index in [1.54, 1.807) is 24.3 Å². The number of piperazine rings is 1. The Morgan fingerprint density at radius 3 is 2.37 bits per heavy atom. The summed E-state index contributed by atoms with van der Waals surface area (Å²) in [5.41, 5.74) is 5.45. The third-order valence-corrected chi connectivity index (χ3v) is 4.78. The summed E-state index contributed by atoms with van der Waals surface area (Å²) in [5, 5.41) is 13.5. The Labute approximate surface area is 160 Å². The smallest absolute Gasteiger partial charge is 0.241 e. The van der Waals surface area contributed by atoms with Crippen LogP contribution in [0.15, 0.2) is 59.7 Å². The van der Waals surface area contributed by atoms with Gasteiger partial charge in [0.2, 0.25) is 5.91 Å². The van der Waals surface area contributed by atoms with Crippen LogP contribution in [-0.2, 0) is 4.79 Å².